The molecule has 8 heteroatoms. The maximum Gasteiger partial charge on any atom is 0.296 e. The topological polar surface area (TPSA) is 105 Å². The van der Waals surface area contributed by atoms with E-state index in [4.69, 9.17) is 0 Å². The van der Waals surface area contributed by atoms with Gasteiger partial charge in [-0.1, -0.05) is 0 Å². The summed E-state index contributed by atoms with van der Waals surface area (Å²) in [5, 5.41) is 0. The third-order valence-electron chi connectivity index (χ3n) is 4.38. The minimum atomic E-state index is -4.51. The lowest BCUT2D eigenvalue weighted by molar-refractivity contribution is 0.483. The fourth-order valence-corrected chi connectivity index (χ4v) is 3.48. The lowest BCUT2D eigenvalue weighted by Gasteiger charge is -2.07. The highest BCUT2D eigenvalue weighted by Gasteiger charge is 2.17. The molecule has 0 fully saturated rings. The molecule has 1 aromatic carbocycles. The molecule has 0 unspecified atom stereocenters. The monoisotopic (exact) mass is 422 g/mol. The van der Waals surface area contributed by atoms with Crippen molar-refractivity contribution in [3.8, 4) is 0 Å². The maximum atomic E-state index is 12.0. The highest BCUT2D eigenvalue weighted by Crippen LogP contribution is 2.30. The summed E-state index contributed by atoms with van der Waals surface area (Å²) < 4.78 is 33.7. The number of benzene rings is 1. The van der Waals surface area contributed by atoms with Gasteiger partial charge in [0.1, 0.15) is 4.90 Å². The van der Waals surface area contributed by atoms with Crippen LogP contribution < -0.4 is 0 Å². The Morgan fingerprint density at radius 2 is 1.37 bits per heavy atom. The normalized spacial score (nSPS) is 12.8. The zero-order valence-corrected chi connectivity index (χ0v) is 18.0. The molecule has 0 radical (unpaired) electrons. The van der Waals surface area contributed by atoms with Crippen molar-refractivity contribution in [1.29, 1.82) is 0 Å². The fraction of sp³-hybridized carbons (Fsp3) is 0.182. The standard InChI is InChI=1S/C22H22N4O3S/c1-14-7-9-23-20(11-14)16(3)25-18-5-6-19(22(13-18)30(27,28)29)26-17(4)21-12-15(2)8-10-24-21/h5-13H,1-4H3,(H,27,28,29). The van der Waals surface area contributed by atoms with E-state index in [0.29, 0.717) is 28.5 Å². The number of hydrogen-bond acceptors (Lipinski definition) is 6. The van der Waals surface area contributed by atoms with Crippen LogP contribution in [0.5, 0.6) is 0 Å². The zero-order chi connectivity index (χ0) is 21.9. The Morgan fingerprint density at radius 1 is 0.833 bits per heavy atom. The van der Waals surface area contributed by atoms with Gasteiger partial charge in [-0.3, -0.25) is 24.5 Å². The number of nitrogens with zero attached hydrogens (tertiary/aromatic N) is 4. The lowest BCUT2D eigenvalue weighted by atomic mass is 10.2. The molecule has 0 aliphatic heterocycles. The number of pyridine rings is 2. The van der Waals surface area contributed by atoms with Gasteiger partial charge in [-0.15, -0.1) is 0 Å². The highest BCUT2D eigenvalue weighted by atomic mass is 32.2. The molecular formula is C22H22N4O3S. The van der Waals surface area contributed by atoms with Crippen LogP contribution in [0.1, 0.15) is 36.4 Å². The van der Waals surface area contributed by atoms with Gasteiger partial charge in [-0.2, -0.15) is 8.42 Å². The fourth-order valence-electron chi connectivity index (χ4n) is 2.83. The maximum absolute atomic E-state index is 12.0. The van der Waals surface area contributed by atoms with Crippen LogP contribution in [0, 0.1) is 13.8 Å². The molecule has 3 rings (SSSR count). The predicted octanol–water partition coefficient (Wildman–Crippen LogP) is 4.62. The molecule has 0 aliphatic rings. The van der Waals surface area contributed by atoms with Gasteiger partial charge >= 0.3 is 0 Å². The van der Waals surface area contributed by atoms with Gasteiger partial charge in [0.15, 0.2) is 0 Å². The van der Waals surface area contributed by atoms with Crippen LogP contribution in [0.2, 0.25) is 0 Å². The summed E-state index contributed by atoms with van der Waals surface area (Å²) in [5.74, 6) is 0. The van der Waals surface area contributed by atoms with E-state index in [-0.39, 0.29) is 10.6 Å². The van der Waals surface area contributed by atoms with Gasteiger partial charge in [-0.05, 0) is 81.3 Å². The van der Waals surface area contributed by atoms with Crippen LogP contribution >= 0.6 is 0 Å². The van der Waals surface area contributed by atoms with Gasteiger partial charge in [0.25, 0.3) is 10.1 Å². The Labute approximate surface area is 176 Å². The Kier molecular flexibility index (Phi) is 6.19. The second-order valence-corrected chi connectivity index (χ2v) is 8.35. The summed E-state index contributed by atoms with van der Waals surface area (Å²) in [6.45, 7) is 7.40. The first-order valence-electron chi connectivity index (χ1n) is 9.21. The van der Waals surface area contributed by atoms with Crippen LogP contribution in [0.15, 0.2) is 69.7 Å². The lowest BCUT2D eigenvalue weighted by Crippen LogP contribution is -2.02. The number of hydrogen-bond donors (Lipinski definition) is 1. The van der Waals surface area contributed by atoms with E-state index < -0.39 is 10.1 Å². The molecule has 2 aromatic heterocycles. The van der Waals surface area contributed by atoms with Crippen LogP contribution in [-0.2, 0) is 10.1 Å². The summed E-state index contributed by atoms with van der Waals surface area (Å²) >= 11 is 0. The van der Waals surface area contributed by atoms with E-state index in [1.807, 2.05) is 38.1 Å². The van der Waals surface area contributed by atoms with Crippen LogP contribution in [0.4, 0.5) is 11.4 Å². The molecule has 0 aliphatic carbocycles. The van der Waals surface area contributed by atoms with Gasteiger partial charge in [0, 0.05) is 12.4 Å². The van der Waals surface area contributed by atoms with E-state index in [9.17, 15) is 13.0 Å². The Balaban J connectivity index is 2.05. The Morgan fingerprint density at radius 3 is 1.87 bits per heavy atom. The average Bonchev–Trinajstić information content (AvgIpc) is 2.68. The number of aliphatic imine (C=N–C) groups is 2. The third kappa shape index (κ3) is 5.22. The van der Waals surface area contributed by atoms with Crippen molar-refractivity contribution in [3.05, 3.63) is 77.4 Å². The highest BCUT2D eigenvalue weighted by molar-refractivity contribution is 7.86. The summed E-state index contributed by atoms with van der Waals surface area (Å²) in [7, 11) is -4.51. The second-order valence-electron chi connectivity index (χ2n) is 6.96. The third-order valence-corrected chi connectivity index (χ3v) is 5.26. The summed E-state index contributed by atoms with van der Waals surface area (Å²) in [6, 6.07) is 11.9. The van der Waals surface area contributed by atoms with Crippen molar-refractivity contribution in [2.45, 2.75) is 32.6 Å². The SMILES string of the molecule is CC(=Nc1ccc(N=C(C)c2cc(C)ccn2)c(S(=O)(=O)O)c1)c1cc(C)ccn1. The zero-order valence-electron chi connectivity index (χ0n) is 17.2. The Hall–Kier alpha value is -3.23. The molecule has 154 valence electrons. The molecule has 1 N–H and O–H groups in total. The van der Waals surface area contributed by atoms with Crippen LogP contribution in [0.3, 0.4) is 0 Å². The van der Waals surface area contributed by atoms with Crippen LogP contribution in [0.25, 0.3) is 0 Å². The molecule has 0 bridgehead atoms. The minimum absolute atomic E-state index is 0.114. The van der Waals surface area contributed by atoms with Crippen molar-refractivity contribution in [3.63, 3.8) is 0 Å². The van der Waals surface area contributed by atoms with Crippen LogP contribution in [-0.4, -0.2) is 34.4 Å². The van der Waals surface area contributed by atoms with Crippen molar-refractivity contribution >= 4 is 32.9 Å². The smallest absolute Gasteiger partial charge is 0.282 e. The summed E-state index contributed by atoms with van der Waals surface area (Å²) in [5.41, 5.74) is 4.99. The van der Waals surface area contributed by atoms with Crippen molar-refractivity contribution in [2.24, 2.45) is 9.98 Å². The van der Waals surface area contributed by atoms with E-state index in [1.165, 1.54) is 12.1 Å². The molecular weight excluding hydrogens is 400 g/mol. The first-order chi connectivity index (χ1) is 14.1. The molecule has 0 spiro atoms. The van der Waals surface area contributed by atoms with Crippen molar-refractivity contribution in [2.75, 3.05) is 0 Å². The molecule has 0 saturated heterocycles. The molecule has 0 atom stereocenters. The summed E-state index contributed by atoms with van der Waals surface area (Å²) in [4.78, 5) is 17.0. The molecule has 30 heavy (non-hydrogen) atoms. The van der Waals surface area contributed by atoms with Crippen molar-refractivity contribution in [1.82, 2.24) is 9.97 Å². The largest absolute Gasteiger partial charge is 0.296 e. The summed E-state index contributed by atoms with van der Waals surface area (Å²) in [6.07, 6.45) is 3.35. The van der Waals surface area contributed by atoms with Crippen molar-refractivity contribution < 1.29 is 13.0 Å². The average molecular weight is 423 g/mol. The van der Waals surface area contributed by atoms with E-state index >= 15 is 0 Å². The van der Waals surface area contributed by atoms with Gasteiger partial charge in [0.2, 0.25) is 0 Å². The molecule has 0 saturated carbocycles. The van der Waals surface area contributed by atoms with Gasteiger partial charge in [-0.25, -0.2) is 0 Å². The second kappa shape index (κ2) is 8.64. The number of aromatic nitrogens is 2. The van der Waals surface area contributed by atoms with E-state index in [0.717, 1.165) is 11.1 Å². The quantitative estimate of drug-likeness (QED) is 0.477. The molecule has 7 nitrogen and oxygen atoms in total. The molecule has 3 aromatic rings. The minimum Gasteiger partial charge on any atom is -0.282 e. The number of aryl methyl sites for hydroxylation is 2. The van der Waals surface area contributed by atoms with E-state index in [2.05, 4.69) is 20.0 Å². The first kappa shape index (κ1) is 21.5. The first-order valence-corrected chi connectivity index (χ1v) is 10.7. The Bertz CT molecular complexity index is 1260. The van der Waals surface area contributed by atoms with Gasteiger partial charge < -0.3 is 0 Å². The van der Waals surface area contributed by atoms with E-state index in [1.54, 1.807) is 32.3 Å². The predicted molar refractivity (Wildman–Crippen MR) is 118 cm³/mol. The molecule has 0 amide bonds. The number of rotatable bonds is 5. The van der Waals surface area contributed by atoms with Gasteiger partial charge in [0.05, 0.1) is 34.2 Å². The molecule has 2 heterocycles.